The lowest BCUT2D eigenvalue weighted by Gasteiger charge is -2.24. The highest BCUT2D eigenvalue weighted by atomic mass is 32.2. The van der Waals surface area contributed by atoms with E-state index in [-0.39, 0.29) is 22.4 Å². The molecule has 0 aliphatic carbocycles. The molecule has 110 valence electrons. The molecule has 0 bridgehead atoms. The van der Waals surface area contributed by atoms with E-state index in [0.717, 1.165) is 24.8 Å². The molecule has 1 amide bonds. The first-order valence-electron chi connectivity index (χ1n) is 6.79. The van der Waals surface area contributed by atoms with Crippen LogP contribution in [0.25, 0.3) is 0 Å². The molecule has 1 aliphatic rings. The molecule has 0 aromatic heterocycles. The second-order valence-electron chi connectivity index (χ2n) is 5.25. The van der Waals surface area contributed by atoms with E-state index >= 15 is 0 Å². The first-order valence-corrected chi connectivity index (χ1v) is 8.33. The molecular weight excluding hydrogens is 276 g/mol. The van der Waals surface area contributed by atoms with Crippen molar-refractivity contribution >= 4 is 15.9 Å². The summed E-state index contributed by atoms with van der Waals surface area (Å²) in [5.41, 5.74) is 1.03. The maximum atomic E-state index is 12.6. The van der Waals surface area contributed by atoms with E-state index in [1.807, 2.05) is 13.8 Å². The van der Waals surface area contributed by atoms with E-state index < -0.39 is 10.0 Å². The molecule has 0 radical (unpaired) electrons. The Morgan fingerprint density at radius 3 is 2.75 bits per heavy atom. The number of benzene rings is 1. The fourth-order valence-electron chi connectivity index (χ4n) is 2.74. The van der Waals surface area contributed by atoms with Crippen LogP contribution in [0.4, 0.5) is 0 Å². The van der Waals surface area contributed by atoms with Gasteiger partial charge < -0.3 is 4.90 Å². The summed E-state index contributed by atoms with van der Waals surface area (Å²) in [6, 6.07) is 4.86. The topological polar surface area (TPSA) is 80.5 Å². The van der Waals surface area contributed by atoms with E-state index in [9.17, 15) is 13.2 Å². The molecule has 2 N–H and O–H groups in total. The van der Waals surface area contributed by atoms with Gasteiger partial charge in [-0.05, 0) is 38.3 Å². The van der Waals surface area contributed by atoms with Gasteiger partial charge in [-0.3, -0.25) is 4.79 Å². The van der Waals surface area contributed by atoms with Crippen LogP contribution < -0.4 is 5.14 Å². The van der Waals surface area contributed by atoms with Gasteiger partial charge in [-0.1, -0.05) is 18.6 Å². The van der Waals surface area contributed by atoms with Gasteiger partial charge in [0.2, 0.25) is 10.0 Å². The Balaban J connectivity index is 2.46. The molecular formula is C14H20N2O3S. The number of rotatable bonds is 3. The maximum absolute atomic E-state index is 12.6. The number of hydrogen-bond donors (Lipinski definition) is 1. The molecule has 20 heavy (non-hydrogen) atoms. The highest BCUT2D eigenvalue weighted by molar-refractivity contribution is 7.89. The molecule has 1 saturated heterocycles. The van der Waals surface area contributed by atoms with E-state index in [0.29, 0.717) is 6.54 Å². The fourth-order valence-corrected chi connectivity index (χ4v) is 3.45. The van der Waals surface area contributed by atoms with Crippen LogP contribution in [0, 0.1) is 6.92 Å². The lowest BCUT2D eigenvalue weighted by atomic mass is 10.1. The van der Waals surface area contributed by atoms with Crippen LogP contribution in [0.15, 0.2) is 23.1 Å². The summed E-state index contributed by atoms with van der Waals surface area (Å²) < 4.78 is 23.3. The van der Waals surface area contributed by atoms with E-state index in [1.165, 1.54) is 6.07 Å². The average Bonchev–Trinajstić information content (AvgIpc) is 2.84. The van der Waals surface area contributed by atoms with Gasteiger partial charge in [0.15, 0.2) is 0 Å². The second kappa shape index (κ2) is 5.54. The van der Waals surface area contributed by atoms with Crippen molar-refractivity contribution in [2.75, 3.05) is 6.54 Å². The zero-order chi connectivity index (χ0) is 14.9. The summed E-state index contributed by atoms with van der Waals surface area (Å²) in [6.45, 7) is 4.54. The first-order chi connectivity index (χ1) is 9.34. The van der Waals surface area contributed by atoms with Gasteiger partial charge in [-0.15, -0.1) is 0 Å². The lowest BCUT2D eigenvalue weighted by Crippen LogP contribution is -2.36. The van der Waals surface area contributed by atoms with E-state index in [4.69, 9.17) is 5.14 Å². The number of nitrogens with two attached hydrogens (primary N) is 1. The number of likely N-dealkylation sites (tertiary alicyclic amines) is 1. The minimum atomic E-state index is -3.90. The van der Waals surface area contributed by atoms with Crippen molar-refractivity contribution in [2.24, 2.45) is 5.14 Å². The second-order valence-corrected chi connectivity index (χ2v) is 6.78. The molecule has 0 spiro atoms. The van der Waals surface area contributed by atoms with Gasteiger partial charge in [0.1, 0.15) is 0 Å². The Morgan fingerprint density at radius 1 is 1.45 bits per heavy atom. The standard InChI is InChI=1S/C14H20N2O3S/c1-3-11-5-4-8-16(11)14(17)12-9-10(2)6-7-13(12)20(15,18)19/h6-7,9,11H,3-5,8H2,1-2H3,(H2,15,18,19). The van der Waals surface area contributed by atoms with Crippen molar-refractivity contribution in [2.45, 2.75) is 44.0 Å². The SMILES string of the molecule is CCC1CCCN1C(=O)c1cc(C)ccc1S(N)(=O)=O. The Kier molecular flexibility index (Phi) is 4.15. The average molecular weight is 296 g/mol. The predicted molar refractivity (Wildman–Crippen MR) is 76.9 cm³/mol. The molecule has 1 fully saturated rings. The zero-order valence-electron chi connectivity index (χ0n) is 11.8. The summed E-state index contributed by atoms with van der Waals surface area (Å²) in [5, 5.41) is 5.21. The highest BCUT2D eigenvalue weighted by Gasteiger charge is 2.30. The number of hydrogen-bond acceptors (Lipinski definition) is 3. The third kappa shape index (κ3) is 2.86. The molecule has 1 unspecified atom stereocenters. The number of aryl methyl sites for hydroxylation is 1. The van der Waals surface area contributed by atoms with Crippen molar-refractivity contribution in [1.29, 1.82) is 0 Å². The minimum Gasteiger partial charge on any atom is -0.336 e. The molecule has 1 aromatic carbocycles. The molecule has 0 saturated carbocycles. The van der Waals surface area contributed by atoms with Gasteiger partial charge in [0.25, 0.3) is 5.91 Å². The molecule has 6 heteroatoms. The Morgan fingerprint density at radius 2 is 2.15 bits per heavy atom. The Hall–Kier alpha value is -1.40. The third-order valence-electron chi connectivity index (χ3n) is 3.78. The smallest absolute Gasteiger partial charge is 0.255 e. The first kappa shape index (κ1) is 15.0. The monoisotopic (exact) mass is 296 g/mol. The van der Waals surface area contributed by atoms with E-state index in [2.05, 4.69) is 0 Å². The Labute approximate surface area is 119 Å². The van der Waals surface area contributed by atoms with Crippen molar-refractivity contribution in [3.63, 3.8) is 0 Å². The summed E-state index contributed by atoms with van der Waals surface area (Å²) >= 11 is 0. The molecule has 2 rings (SSSR count). The summed E-state index contributed by atoms with van der Waals surface area (Å²) in [5.74, 6) is -0.234. The van der Waals surface area contributed by atoms with Gasteiger partial charge in [-0.25, -0.2) is 13.6 Å². The normalized spacial score (nSPS) is 19.4. The molecule has 1 aromatic rings. The van der Waals surface area contributed by atoms with Crippen LogP contribution in [0.5, 0.6) is 0 Å². The molecule has 1 atom stereocenters. The minimum absolute atomic E-state index is 0.0881. The van der Waals surface area contributed by atoms with Crippen LogP contribution >= 0.6 is 0 Å². The van der Waals surface area contributed by atoms with Gasteiger partial charge >= 0.3 is 0 Å². The van der Waals surface area contributed by atoms with Crippen LogP contribution in [-0.2, 0) is 10.0 Å². The summed E-state index contributed by atoms with van der Waals surface area (Å²) in [4.78, 5) is 14.3. The maximum Gasteiger partial charge on any atom is 0.255 e. The number of carbonyl (C=O) groups excluding carboxylic acids is 1. The van der Waals surface area contributed by atoms with Crippen molar-refractivity contribution < 1.29 is 13.2 Å². The van der Waals surface area contributed by atoms with Crippen molar-refractivity contribution in [3.05, 3.63) is 29.3 Å². The molecule has 5 nitrogen and oxygen atoms in total. The number of carbonyl (C=O) groups is 1. The number of amides is 1. The predicted octanol–water partition coefficient (Wildman–Crippen LogP) is 1.66. The molecule has 1 heterocycles. The van der Waals surface area contributed by atoms with Gasteiger partial charge in [0, 0.05) is 12.6 Å². The highest BCUT2D eigenvalue weighted by Crippen LogP contribution is 2.25. The van der Waals surface area contributed by atoms with Crippen LogP contribution in [-0.4, -0.2) is 31.8 Å². The lowest BCUT2D eigenvalue weighted by molar-refractivity contribution is 0.0729. The van der Waals surface area contributed by atoms with Crippen LogP contribution in [0.2, 0.25) is 0 Å². The largest absolute Gasteiger partial charge is 0.336 e. The quantitative estimate of drug-likeness (QED) is 0.921. The zero-order valence-corrected chi connectivity index (χ0v) is 12.6. The van der Waals surface area contributed by atoms with E-state index in [1.54, 1.807) is 17.0 Å². The Bertz CT molecular complexity index is 625. The number of primary sulfonamides is 1. The number of nitrogens with zero attached hydrogens (tertiary/aromatic N) is 1. The van der Waals surface area contributed by atoms with Crippen LogP contribution in [0.1, 0.15) is 42.1 Å². The fraction of sp³-hybridized carbons (Fsp3) is 0.500. The van der Waals surface area contributed by atoms with Crippen molar-refractivity contribution in [3.8, 4) is 0 Å². The summed E-state index contributed by atoms with van der Waals surface area (Å²) in [6.07, 6.45) is 2.81. The summed E-state index contributed by atoms with van der Waals surface area (Å²) in [7, 11) is -3.90. The van der Waals surface area contributed by atoms with Gasteiger partial charge in [0.05, 0.1) is 10.5 Å². The number of sulfonamides is 1. The van der Waals surface area contributed by atoms with Gasteiger partial charge in [-0.2, -0.15) is 0 Å². The third-order valence-corrected chi connectivity index (χ3v) is 4.75. The van der Waals surface area contributed by atoms with Crippen molar-refractivity contribution in [1.82, 2.24) is 4.90 Å². The van der Waals surface area contributed by atoms with Crippen LogP contribution in [0.3, 0.4) is 0 Å². The molecule has 1 aliphatic heterocycles.